The van der Waals surface area contributed by atoms with Crippen molar-refractivity contribution < 1.29 is 19.1 Å². The van der Waals surface area contributed by atoms with Gasteiger partial charge < -0.3 is 14.4 Å². The molecule has 22 heavy (non-hydrogen) atoms. The number of carbonyl (C=O) groups excluding carboxylic acids is 1. The van der Waals surface area contributed by atoms with Crippen molar-refractivity contribution in [1.29, 1.82) is 0 Å². The Morgan fingerprint density at radius 1 is 1.27 bits per heavy atom. The fourth-order valence-corrected chi connectivity index (χ4v) is 2.93. The summed E-state index contributed by atoms with van der Waals surface area (Å²) >= 11 is 0. The number of likely N-dealkylation sites (tertiary alicyclic amines) is 1. The van der Waals surface area contributed by atoms with Crippen molar-refractivity contribution in [1.82, 2.24) is 4.90 Å². The highest BCUT2D eigenvalue weighted by molar-refractivity contribution is 6.06. The summed E-state index contributed by atoms with van der Waals surface area (Å²) in [6.07, 6.45) is 1.95. The maximum absolute atomic E-state index is 12.7. The number of benzene rings is 1. The quantitative estimate of drug-likeness (QED) is 0.925. The van der Waals surface area contributed by atoms with Gasteiger partial charge in [0, 0.05) is 18.5 Å². The summed E-state index contributed by atoms with van der Waals surface area (Å²) in [5.74, 6) is -1.02. The number of carboxylic acid groups (broad SMARTS) is 1. The zero-order valence-electron chi connectivity index (χ0n) is 13.0. The molecule has 1 aliphatic heterocycles. The van der Waals surface area contributed by atoms with E-state index in [9.17, 15) is 14.7 Å². The molecule has 0 spiro atoms. The molecule has 5 heteroatoms. The molecular weight excluding hydrogens is 282 g/mol. The average molecular weight is 301 g/mol. The summed E-state index contributed by atoms with van der Waals surface area (Å²) in [7, 11) is 0. The van der Waals surface area contributed by atoms with Gasteiger partial charge in [0.2, 0.25) is 0 Å². The molecule has 0 radical (unpaired) electrons. The van der Waals surface area contributed by atoms with Crippen LogP contribution in [0.2, 0.25) is 0 Å². The van der Waals surface area contributed by atoms with Crippen LogP contribution >= 0.6 is 0 Å². The minimum Gasteiger partial charge on any atom is -0.481 e. The number of carboxylic acids is 1. The molecule has 1 aromatic carbocycles. The lowest BCUT2D eigenvalue weighted by Gasteiger charge is -2.19. The number of fused-ring (bicyclic) bond motifs is 1. The van der Waals surface area contributed by atoms with E-state index in [1.807, 2.05) is 26.0 Å². The van der Waals surface area contributed by atoms with E-state index in [-0.39, 0.29) is 12.5 Å². The van der Waals surface area contributed by atoms with E-state index in [1.165, 1.54) is 6.26 Å². The number of rotatable bonds is 2. The van der Waals surface area contributed by atoms with Crippen molar-refractivity contribution in [3.8, 4) is 0 Å². The number of amides is 1. The van der Waals surface area contributed by atoms with E-state index in [2.05, 4.69) is 0 Å². The molecule has 0 saturated carbocycles. The Bertz CT molecular complexity index is 776. The van der Waals surface area contributed by atoms with Gasteiger partial charge in [-0.2, -0.15) is 0 Å². The molecule has 116 valence electrons. The largest absolute Gasteiger partial charge is 0.481 e. The molecular formula is C17H19NO4. The first-order chi connectivity index (χ1) is 10.3. The van der Waals surface area contributed by atoms with E-state index in [1.54, 1.807) is 11.8 Å². The summed E-state index contributed by atoms with van der Waals surface area (Å²) in [6, 6.07) is 3.88. The van der Waals surface area contributed by atoms with E-state index < -0.39 is 11.4 Å². The molecule has 1 aliphatic rings. The highest BCUT2D eigenvalue weighted by atomic mass is 16.4. The van der Waals surface area contributed by atoms with Crippen LogP contribution in [0, 0.1) is 19.3 Å². The summed E-state index contributed by atoms with van der Waals surface area (Å²) in [5.41, 5.74) is 2.54. The van der Waals surface area contributed by atoms with E-state index in [0.717, 1.165) is 16.5 Å². The summed E-state index contributed by atoms with van der Waals surface area (Å²) in [5, 5.41) is 10.1. The molecule has 1 N–H and O–H groups in total. The molecule has 1 aromatic heterocycles. The van der Waals surface area contributed by atoms with Crippen molar-refractivity contribution in [3.05, 3.63) is 35.1 Å². The zero-order valence-corrected chi connectivity index (χ0v) is 13.0. The SMILES string of the molecule is Cc1cc2occ(C(=O)N3CCC(C)(C(=O)O)C3)c2cc1C. The van der Waals surface area contributed by atoms with Gasteiger partial charge in [-0.25, -0.2) is 0 Å². The number of aryl methyl sites for hydroxylation is 2. The van der Waals surface area contributed by atoms with Crippen LogP contribution in [0.4, 0.5) is 0 Å². The van der Waals surface area contributed by atoms with Gasteiger partial charge >= 0.3 is 5.97 Å². The Hall–Kier alpha value is -2.30. The van der Waals surface area contributed by atoms with E-state index in [0.29, 0.717) is 24.1 Å². The van der Waals surface area contributed by atoms with Gasteiger partial charge in [-0.05, 0) is 50.5 Å². The molecule has 1 saturated heterocycles. The van der Waals surface area contributed by atoms with Gasteiger partial charge in [0.05, 0.1) is 11.0 Å². The number of furan rings is 1. The first-order valence-electron chi connectivity index (χ1n) is 7.33. The minimum absolute atomic E-state index is 0.160. The van der Waals surface area contributed by atoms with Crippen LogP contribution in [-0.2, 0) is 4.79 Å². The number of hydrogen-bond donors (Lipinski definition) is 1. The average Bonchev–Trinajstić information content (AvgIpc) is 3.04. The van der Waals surface area contributed by atoms with Crippen LogP contribution in [0.25, 0.3) is 11.0 Å². The van der Waals surface area contributed by atoms with Gasteiger partial charge in [0.1, 0.15) is 11.8 Å². The molecule has 1 atom stereocenters. The highest BCUT2D eigenvalue weighted by Gasteiger charge is 2.42. The number of aliphatic carboxylic acids is 1. The topological polar surface area (TPSA) is 70.8 Å². The molecule has 3 rings (SSSR count). The Balaban J connectivity index is 1.94. The lowest BCUT2D eigenvalue weighted by atomic mass is 9.90. The predicted octanol–water partition coefficient (Wildman–Crippen LogP) is 2.99. The summed E-state index contributed by atoms with van der Waals surface area (Å²) < 4.78 is 5.50. The number of carbonyl (C=O) groups is 2. The van der Waals surface area contributed by atoms with Crippen LogP contribution < -0.4 is 0 Å². The first-order valence-corrected chi connectivity index (χ1v) is 7.33. The summed E-state index contributed by atoms with van der Waals surface area (Å²) in [6.45, 7) is 6.37. The van der Waals surface area contributed by atoms with Gasteiger partial charge in [-0.3, -0.25) is 9.59 Å². The maximum Gasteiger partial charge on any atom is 0.311 e. The van der Waals surface area contributed by atoms with Gasteiger partial charge in [0.25, 0.3) is 5.91 Å². The molecule has 1 unspecified atom stereocenters. The molecule has 2 heterocycles. The van der Waals surface area contributed by atoms with Crippen molar-refractivity contribution in [2.75, 3.05) is 13.1 Å². The molecule has 2 aromatic rings. The molecule has 0 bridgehead atoms. The van der Waals surface area contributed by atoms with Crippen LogP contribution in [0.15, 0.2) is 22.8 Å². The number of nitrogens with zero attached hydrogens (tertiary/aromatic N) is 1. The zero-order chi connectivity index (χ0) is 16.1. The lowest BCUT2D eigenvalue weighted by molar-refractivity contribution is -0.147. The van der Waals surface area contributed by atoms with Crippen LogP contribution in [-0.4, -0.2) is 35.0 Å². The van der Waals surface area contributed by atoms with Crippen molar-refractivity contribution >= 4 is 22.8 Å². The smallest absolute Gasteiger partial charge is 0.311 e. The van der Waals surface area contributed by atoms with Crippen molar-refractivity contribution in [3.63, 3.8) is 0 Å². The normalized spacial score (nSPS) is 21.5. The third-order valence-electron chi connectivity index (χ3n) is 4.70. The molecule has 1 amide bonds. The first kappa shape index (κ1) is 14.6. The van der Waals surface area contributed by atoms with Crippen LogP contribution in [0.1, 0.15) is 34.8 Å². The second kappa shape index (κ2) is 4.87. The Labute approximate surface area is 128 Å². The van der Waals surface area contributed by atoms with Gasteiger partial charge in [-0.1, -0.05) is 0 Å². The Morgan fingerprint density at radius 3 is 2.59 bits per heavy atom. The molecule has 1 fully saturated rings. The van der Waals surface area contributed by atoms with Crippen LogP contribution in [0.5, 0.6) is 0 Å². The lowest BCUT2D eigenvalue weighted by Crippen LogP contribution is -2.34. The third-order valence-corrected chi connectivity index (χ3v) is 4.70. The maximum atomic E-state index is 12.7. The fourth-order valence-electron chi connectivity index (χ4n) is 2.93. The second-order valence-corrected chi connectivity index (χ2v) is 6.42. The van der Waals surface area contributed by atoms with E-state index >= 15 is 0 Å². The summed E-state index contributed by atoms with van der Waals surface area (Å²) in [4.78, 5) is 25.6. The monoisotopic (exact) mass is 301 g/mol. The van der Waals surface area contributed by atoms with Crippen LogP contribution in [0.3, 0.4) is 0 Å². The standard InChI is InChI=1S/C17H19NO4/c1-10-6-12-13(8-22-14(12)7-11(10)2)15(19)18-5-4-17(3,9-18)16(20)21/h6-8H,4-5,9H2,1-3H3,(H,20,21). The predicted molar refractivity (Wildman–Crippen MR) is 82.0 cm³/mol. The van der Waals surface area contributed by atoms with Gasteiger partial charge in [-0.15, -0.1) is 0 Å². The fraction of sp³-hybridized carbons (Fsp3) is 0.412. The minimum atomic E-state index is -0.859. The molecule has 5 nitrogen and oxygen atoms in total. The highest BCUT2D eigenvalue weighted by Crippen LogP contribution is 2.33. The van der Waals surface area contributed by atoms with Gasteiger partial charge in [0.15, 0.2) is 0 Å². The van der Waals surface area contributed by atoms with E-state index in [4.69, 9.17) is 4.42 Å². The Morgan fingerprint density at radius 2 is 1.95 bits per heavy atom. The Kier molecular flexibility index (Phi) is 3.24. The van der Waals surface area contributed by atoms with Crippen molar-refractivity contribution in [2.45, 2.75) is 27.2 Å². The molecule has 0 aliphatic carbocycles. The third kappa shape index (κ3) is 2.17. The number of hydrogen-bond acceptors (Lipinski definition) is 3. The second-order valence-electron chi connectivity index (χ2n) is 6.42. The van der Waals surface area contributed by atoms with Crippen molar-refractivity contribution in [2.24, 2.45) is 5.41 Å².